The monoisotopic (exact) mass is 184 g/mol. The van der Waals surface area contributed by atoms with Gasteiger partial charge in [-0.1, -0.05) is 0 Å². The highest BCUT2D eigenvalue weighted by molar-refractivity contribution is 7.83. The van der Waals surface area contributed by atoms with Gasteiger partial charge in [-0.3, -0.25) is 9.19 Å². The van der Waals surface area contributed by atoms with Crippen molar-refractivity contribution < 1.29 is 4.21 Å². The Bertz CT molecular complexity index is 288. The zero-order valence-electron chi connectivity index (χ0n) is 6.99. The standard InChI is InChI=1S/C8H12N2OS/c1-12(11)6-7-2-3-10-8(4-7)5-9/h2-4H,5-6,9H2,1H3. The molecule has 0 aromatic carbocycles. The van der Waals surface area contributed by atoms with E-state index >= 15 is 0 Å². The third kappa shape index (κ3) is 2.71. The van der Waals surface area contributed by atoms with E-state index in [2.05, 4.69) is 4.98 Å². The first-order valence-corrected chi connectivity index (χ1v) is 5.39. The highest BCUT2D eigenvalue weighted by atomic mass is 32.2. The van der Waals surface area contributed by atoms with Gasteiger partial charge in [-0.05, 0) is 17.7 Å². The molecule has 0 fully saturated rings. The van der Waals surface area contributed by atoms with Gasteiger partial charge in [0.1, 0.15) is 0 Å². The molecule has 2 N–H and O–H groups in total. The van der Waals surface area contributed by atoms with E-state index in [0.29, 0.717) is 12.3 Å². The lowest BCUT2D eigenvalue weighted by Crippen LogP contribution is -2.01. The molecule has 1 rings (SSSR count). The maximum Gasteiger partial charge on any atom is 0.0542 e. The molecule has 0 radical (unpaired) electrons. The Morgan fingerprint density at radius 1 is 1.67 bits per heavy atom. The third-order valence-electron chi connectivity index (χ3n) is 1.46. The van der Waals surface area contributed by atoms with Crippen LogP contribution in [-0.2, 0) is 23.1 Å². The second kappa shape index (κ2) is 4.33. The molecule has 1 aromatic heterocycles. The first-order chi connectivity index (χ1) is 5.72. The summed E-state index contributed by atoms with van der Waals surface area (Å²) in [6, 6.07) is 3.75. The molecule has 0 aliphatic heterocycles. The molecule has 0 amide bonds. The first kappa shape index (κ1) is 9.35. The molecule has 1 heterocycles. The van der Waals surface area contributed by atoms with Gasteiger partial charge in [-0.25, -0.2) is 0 Å². The van der Waals surface area contributed by atoms with Gasteiger partial charge in [0, 0.05) is 35.5 Å². The van der Waals surface area contributed by atoms with Crippen LogP contribution in [0.4, 0.5) is 0 Å². The summed E-state index contributed by atoms with van der Waals surface area (Å²) in [6.45, 7) is 0.435. The second-order valence-corrected chi connectivity index (χ2v) is 4.01. The summed E-state index contributed by atoms with van der Waals surface area (Å²) in [6.07, 6.45) is 3.38. The minimum atomic E-state index is -0.795. The molecule has 1 aromatic rings. The maximum atomic E-state index is 10.9. The molecule has 1 atom stereocenters. The number of rotatable bonds is 3. The molecule has 0 bridgehead atoms. The van der Waals surface area contributed by atoms with Crippen molar-refractivity contribution in [2.45, 2.75) is 12.3 Å². The predicted molar refractivity (Wildman–Crippen MR) is 49.9 cm³/mol. The Kier molecular flexibility index (Phi) is 3.37. The van der Waals surface area contributed by atoms with Gasteiger partial charge in [0.25, 0.3) is 0 Å². The Morgan fingerprint density at radius 2 is 2.42 bits per heavy atom. The van der Waals surface area contributed by atoms with Crippen molar-refractivity contribution in [3.63, 3.8) is 0 Å². The van der Waals surface area contributed by atoms with Crippen LogP contribution in [0, 0.1) is 0 Å². The number of hydrogen-bond donors (Lipinski definition) is 1. The summed E-state index contributed by atoms with van der Waals surface area (Å²) in [4.78, 5) is 4.04. The fourth-order valence-corrected chi connectivity index (χ4v) is 1.61. The van der Waals surface area contributed by atoms with Gasteiger partial charge in [0.15, 0.2) is 0 Å². The number of nitrogens with zero attached hydrogens (tertiary/aromatic N) is 1. The molecule has 12 heavy (non-hydrogen) atoms. The minimum Gasteiger partial charge on any atom is -0.325 e. The summed E-state index contributed by atoms with van der Waals surface area (Å²) in [7, 11) is -0.795. The van der Waals surface area contributed by atoms with E-state index in [4.69, 9.17) is 5.73 Å². The van der Waals surface area contributed by atoms with Crippen LogP contribution in [0.25, 0.3) is 0 Å². The molecule has 3 nitrogen and oxygen atoms in total. The van der Waals surface area contributed by atoms with E-state index in [-0.39, 0.29) is 0 Å². The van der Waals surface area contributed by atoms with E-state index in [0.717, 1.165) is 11.3 Å². The molecular formula is C8H12N2OS. The van der Waals surface area contributed by atoms with Gasteiger partial charge >= 0.3 is 0 Å². The predicted octanol–water partition coefficient (Wildman–Crippen LogP) is 0.419. The Balaban J connectivity index is 2.79. The first-order valence-electron chi connectivity index (χ1n) is 3.66. The van der Waals surface area contributed by atoms with Crippen LogP contribution >= 0.6 is 0 Å². The topological polar surface area (TPSA) is 56.0 Å². The van der Waals surface area contributed by atoms with Crippen LogP contribution in [0.15, 0.2) is 18.3 Å². The van der Waals surface area contributed by atoms with Crippen molar-refractivity contribution in [1.82, 2.24) is 4.98 Å². The molecule has 0 aliphatic rings. The van der Waals surface area contributed by atoms with Crippen molar-refractivity contribution in [3.05, 3.63) is 29.6 Å². The van der Waals surface area contributed by atoms with Crippen molar-refractivity contribution in [2.24, 2.45) is 5.73 Å². The number of pyridine rings is 1. The second-order valence-electron chi connectivity index (χ2n) is 2.58. The molecule has 0 saturated carbocycles. The Labute approximate surface area is 74.5 Å². The fourth-order valence-electron chi connectivity index (χ4n) is 0.964. The van der Waals surface area contributed by atoms with E-state index < -0.39 is 10.8 Å². The summed E-state index contributed by atoms with van der Waals surface area (Å²) >= 11 is 0. The lowest BCUT2D eigenvalue weighted by Gasteiger charge is -1.99. The van der Waals surface area contributed by atoms with Crippen LogP contribution in [-0.4, -0.2) is 15.4 Å². The third-order valence-corrected chi connectivity index (χ3v) is 2.20. The fraction of sp³-hybridized carbons (Fsp3) is 0.375. The molecule has 4 heteroatoms. The van der Waals surface area contributed by atoms with Gasteiger partial charge in [-0.15, -0.1) is 0 Å². The van der Waals surface area contributed by atoms with Crippen molar-refractivity contribution in [1.29, 1.82) is 0 Å². The number of aromatic nitrogens is 1. The van der Waals surface area contributed by atoms with E-state index in [1.165, 1.54) is 0 Å². The maximum absolute atomic E-state index is 10.9. The summed E-state index contributed by atoms with van der Waals surface area (Å²) in [5, 5.41) is 0. The zero-order chi connectivity index (χ0) is 8.97. The van der Waals surface area contributed by atoms with Gasteiger partial charge < -0.3 is 5.73 Å². The average molecular weight is 184 g/mol. The SMILES string of the molecule is CS(=O)Cc1ccnc(CN)c1. The molecular weight excluding hydrogens is 172 g/mol. The van der Waals surface area contributed by atoms with Crippen LogP contribution in [0.1, 0.15) is 11.3 Å². The normalized spacial score (nSPS) is 12.8. The van der Waals surface area contributed by atoms with E-state index in [9.17, 15) is 4.21 Å². The van der Waals surface area contributed by atoms with Crippen molar-refractivity contribution in [2.75, 3.05) is 6.26 Å². The molecule has 0 spiro atoms. The quantitative estimate of drug-likeness (QED) is 0.740. The highest BCUT2D eigenvalue weighted by Gasteiger charge is 1.97. The highest BCUT2D eigenvalue weighted by Crippen LogP contribution is 2.03. The van der Waals surface area contributed by atoms with E-state index in [1.54, 1.807) is 12.5 Å². The summed E-state index contributed by atoms with van der Waals surface area (Å²) in [5.41, 5.74) is 7.29. The lowest BCUT2D eigenvalue weighted by atomic mass is 10.2. The van der Waals surface area contributed by atoms with Gasteiger partial charge in [-0.2, -0.15) is 0 Å². The van der Waals surface area contributed by atoms with Crippen LogP contribution in [0.5, 0.6) is 0 Å². The van der Waals surface area contributed by atoms with Gasteiger partial charge in [0.2, 0.25) is 0 Å². The molecule has 1 unspecified atom stereocenters. The number of nitrogens with two attached hydrogens (primary N) is 1. The largest absolute Gasteiger partial charge is 0.325 e. The lowest BCUT2D eigenvalue weighted by molar-refractivity contribution is 0.686. The van der Waals surface area contributed by atoms with Crippen LogP contribution in [0.2, 0.25) is 0 Å². The Hall–Kier alpha value is -0.740. The minimum absolute atomic E-state index is 0.435. The average Bonchev–Trinajstić information content (AvgIpc) is 2.03. The van der Waals surface area contributed by atoms with Crippen molar-refractivity contribution in [3.8, 4) is 0 Å². The smallest absolute Gasteiger partial charge is 0.0542 e. The molecule has 66 valence electrons. The zero-order valence-corrected chi connectivity index (χ0v) is 7.80. The molecule has 0 saturated heterocycles. The molecule has 0 aliphatic carbocycles. The van der Waals surface area contributed by atoms with E-state index in [1.807, 2.05) is 12.1 Å². The summed E-state index contributed by atoms with van der Waals surface area (Å²) in [5.74, 6) is 0.579. The number of hydrogen-bond acceptors (Lipinski definition) is 3. The van der Waals surface area contributed by atoms with Crippen molar-refractivity contribution >= 4 is 10.8 Å². The van der Waals surface area contributed by atoms with Crippen LogP contribution < -0.4 is 5.73 Å². The Morgan fingerprint density at radius 3 is 3.00 bits per heavy atom. The summed E-state index contributed by atoms with van der Waals surface area (Å²) < 4.78 is 10.9. The van der Waals surface area contributed by atoms with Gasteiger partial charge in [0.05, 0.1) is 5.69 Å². The van der Waals surface area contributed by atoms with Crippen LogP contribution in [0.3, 0.4) is 0 Å².